The Bertz CT molecular complexity index is 1000. The van der Waals surface area contributed by atoms with E-state index in [1.165, 1.54) is 31.8 Å². The third-order valence-corrected chi connectivity index (χ3v) is 7.85. The van der Waals surface area contributed by atoms with Gasteiger partial charge in [-0.3, -0.25) is 9.69 Å². The number of likely N-dealkylation sites (tertiary alicyclic amines) is 1. The molecule has 3 N–H and O–H groups in total. The van der Waals surface area contributed by atoms with Crippen molar-refractivity contribution in [2.24, 2.45) is 17.8 Å². The summed E-state index contributed by atoms with van der Waals surface area (Å²) in [6.07, 6.45) is 2.52. The number of nitrogens with zero attached hydrogens (tertiary/aromatic N) is 3. The number of hydrogen-bond acceptors (Lipinski definition) is 5. The molecule has 1 saturated carbocycles. The highest BCUT2D eigenvalue weighted by Gasteiger charge is 2.41. The van der Waals surface area contributed by atoms with Crippen LogP contribution < -0.4 is 16.0 Å². The average Bonchev–Trinajstić information content (AvgIpc) is 3.17. The van der Waals surface area contributed by atoms with Crippen molar-refractivity contribution in [2.45, 2.75) is 84.1 Å². The first-order valence-corrected chi connectivity index (χ1v) is 13.4. The van der Waals surface area contributed by atoms with E-state index in [0.29, 0.717) is 11.7 Å². The number of carbonyl (C=O) groups is 2. The van der Waals surface area contributed by atoms with Gasteiger partial charge in [-0.2, -0.15) is 17.9 Å². The Balaban J connectivity index is 1.32. The number of rotatable bonds is 7. The zero-order chi connectivity index (χ0) is 26.9. The molecule has 4 rings (SSSR count). The normalized spacial score (nSPS) is 24.6. The molecule has 3 aliphatic rings. The van der Waals surface area contributed by atoms with Crippen LogP contribution in [0.1, 0.15) is 64.6 Å². The first-order chi connectivity index (χ1) is 17.4. The Kier molecular flexibility index (Phi) is 8.20. The maximum absolute atomic E-state index is 13.4. The molecule has 1 aliphatic heterocycles. The van der Waals surface area contributed by atoms with E-state index in [1.807, 2.05) is 0 Å². The van der Waals surface area contributed by atoms with Crippen LogP contribution in [0, 0.1) is 17.8 Å². The monoisotopic (exact) mass is 524 g/mol. The highest BCUT2D eigenvalue weighted by molar-refractivity contribution is 5.83. The number of nitrogens with one attached hydrogen (secondary N) is 3. The van der Waals surface area contributed by atoms with Crippen LogP contribution in [0.15, 0.2) is 6.08 Å². The Hall–Kier alpha value is -2.56. The van der Waals surface area contributed by atoms with E-state index in [9.17, 15) is 22.8 Å². The van der Waals surface area contributed by atoms with Crippen LogP contribution in [0.5, 0.6) is 0 Å². The molecule has 0 aromatic carbocycles. The van der Waals surface area contributed by atoms with Crippen molar-refractivity contribution in [1.82, 2.24) is 25.3 Å². The molecule has 1 atom stereocenters. The minimum Gasteiger partial charge on any atom is -0.359 e. The standard InChI is InChI=1S/C26H39F3N6O2/c1-15(2)17-5-8-20(9-6-17)34-13-19(14-34)32-23(36)12-30-24-21-11-18(26(27,28)29)7-10-22(21)35(33-24)25(37)31-16(3)4/h7,10,15-20H,5-6,8-9,11-14H2,1-4H3,(H,30,33)(H,31,37)(H,32,36). The number of fused-ring (bicyclic) bond motifs is 1. The summed E-state index contributed by atoms with van der Waals surface area (Å²) < 4.78 is 41.2. The van der Waals surface area contributed by atoms with Crippen molar-refractivity contribution >= 4 is 23.8 Å². The largest absolute Gasteiger partial charge is 0.395 e. The Morgan fingerprint density at radius 1 is 1.11 bits per heavy atom. The molecular weight excluding hydrogens is 485 g/mol. The molecule has 1 aromatic heterocycles. The van der Waals surface area contributed by atoms with Gasteiger partial charge < -0.3 is 16.0 Å². The van der Waals surface area contributed by atoms with E-state index in [4.69, 9.17) is 0 Å². The molecule has 11 heteroatoms. The zero-order valence-electron chi connectivity index (χ0n) is 22.1. The second-order valence-electron chi connectivity index (χ2n) is 11.3. The van der Waals surface area contributed by atoms with Gasteiger partial charge in [-0.1, -0.05) is 19.9 Å². The third-order valence-electron chi connectivity index (χ3n) is 7.85. The number of halogens is 3. The van der Waals surface area contributed by atoms with Gasteiger partial charge in [-0.25, -0.2) is 4.79 Å². The van der Waals surface area contributed by atoms with E-state index in [1.54, 1.807) is 13.8 Å². The van der Waals surface area contributed by atoms with Crippen LogP contribution >= 0.6 is 0 Å². The predicted octanol–water partition coefficient (Wildman–Crippen LogP) is 4.02. The van der Waals surface area contributed by atoms with Gasteiger partial charge in [0, 0.05) is 30.7 Å². The topological polar surface area (TPSA) is 91.3 Å². The second-order valence-corrected chi connectivity index (χ2v) is 11.3. The molecule has 2 heterocycles. The maximum Gasteiger partial charge on any atom is 0.395 e. The first-order valence-electron chi connectivity index (χ1n) is 13.4. The summed E-state index contributed by atoms with van der Waals surface area (Å²) in [5.41, 5.74) is 0.576. The highest BCUT2D eigenvalue weighted by Crippen LogP contribution is 2.37. The molecule has 2 aliphatic carbocycles. The number of hydrogen-bond donors (Lipinski definition) is 3. The quantitative estimate of drug-likeness (QED) is 0.501. The first kappa shape index (κ1) is 27.5. The summed E-state index contributed by atoms with van der Waals surface area (Å²) in [6, 6.07) is -0.0468. The Morgan fingerprint density at radius 3 is 2.38 bits per heavy atom. The van der Waals surface area contributed by atoms with Crippen molar-refractivity contribution < 1.29 is 22.8 Å². The lowest BCUT2D eigenvalue weighted by molar-refractivity contribution is -0.160. The second kappa shape index (κ2) is 11.0. The SMILES string of the molecule is CC(C)NC(=O)n1nc(NCC(=O)NC2CN(C3CCC(C(C)C)CC3)C2)c2c1C=CC(C(F)(F)F)C2. The molecule has 1 unspecified atom stereocenters. The van der Waals surface area contributed by atoms with Gasteiger partial charge in [0.25, 0.3) is 0 Å². The van der Waals surface area contributed by atoms with Crippen molar-refractivity contribution in [1.29, 1.82) is 0 Å². The van der Waals surface area contributed by atoms with Gasteiger partial charge >= 0.3 is 12.2 Å². The number of alkyl halides is 3. The summed E-state index contributed by atoms with van der Waals surface area (Å²) in [5.74, 6) is -0.251. The number of allylic oxidation sites excluding steroid dienone is 1. The third kappa shape index (κ3) is 6.48. The van der Waals surface area contributed by atoms with Crippen LogP contribution in [-0.4, -0.2) is 70.6 Å². The van der Waals surface area contributed by atoms with Crippen molar-refractivity contribution in [3.63, 3.8) is 0 Å². The van der Waals surface area contributed by atoms with E-state index in [2.05, 4.69) is 39.8 Å². The summed E-state index contributed by atoms with van der Waals surface area (Å²) >= 11 is 0. The molecule has 0 radical (unpaired) electrons. The number of carbonyl (C=O) groups excluding carboxylic acids is 2. The van der Waals surface area contributed by atoms with E-state index < -0.39 is 18.1 Å². The number of anilines is 1. The fourth-order valence-electron chi connectivity index (χ4n) is 5.64. The molecule has 1 saturated heterocycles. The molecule has 37 heavy (non-hydrogen) atoms. The summed E-state index contributed by atoms with van der Waals surface area (Å²) in [4.78, 5) is 27.6. The molecular formula is C26H39F3N6O2. The van der Waals surface area contributed by atoms with Gasteiger partial charge in [0.2, 0.25) is 5.91 Å². The summed E-state index contributed by atoms with van der Waals surface area (Å²) in [5, 5.41) is 12.8. The van der Waals surface area contributed by atoms with Gasteiger partial charge in [0.05, 0.1) is 24.2 Å². The molecule has 8 nitrogen and oxygen atoms in total. The molecule has 2 fully saturated rings. The number of aromatic nitrogens is 2. The van der Waals surface area contributed by atoms with E-state index >= 15 is 0 Å². The Labute approximate surface area is 216 Å². The molecule has 1 aromatic rings. The number of amides is 2. The fraction of sp³-hybridized carbons (Fsp3) is 0.731. The zero-order valence-corrected chi connectivity index (χ0v) is 22.1. The van der Waals surface area contributed by atoms with E-state index in [-0.39, 0.29) is 42.3 Å². The van der Waals surface area contributed by atoms with Crippen LogP contribution in [0.25, 0.3) is 6.08 Å². The van der Waals surface area contributed by atoms with Crippen LogP contribution in [0.3, 0.4) is 0 Å². The molecule has 0 spiro atoms. The average molecular weight is 525 g/mol. The van der Waals surface area contributed by atoms with Crippen molar-refractivity contribution in [2.75, 3.05) is 25.0 Å². The lowest BCUT2D eigenvalue weighted by Crippen LogP contribution is -2.63. The summed E-state index contributed by atoms with van der Waals surface area (Å²) in [7, 11) is 0. The van der Waals surface area contributed by atoms with Gasteiger partial charge in [-0.05, 0) is 63.9 Å². The highest BCUT2D eigenvalue weighted by atomic mass is 19.4. The minimum atomic E-state index is -4.41. The van der Waals surface area contributed by atoms with Gasteiger partial charge in [0.15, 0.2) is 5.82 Å². The molecule has 206 valence electrons. The lowest BCUT2D eigenvalue weighted by atomic mass is 9.78. The van der Waals surface area contributed by atoms with Crippen LogP contribution in [0.2, 0.25) is 0 Å². The van der Waals surface area contributed by atoms with Crippen LogP contribution in [-0.2, 0) is 11.2 Å². The van der Waals surface area contributed by atoms with Crippen LogP contribution in [0.4, 0.5) is 23.8 Å². The van der Waals surface area contributed by atoms with Gasteiger partial charge in [-0.15, -0.1) is 5.10 Å². The van der Waals surface area contributed by atoms with Gasteiger partial charge in [0.1, 0.15) is 0 Å². The predicted molar refractivity (Wildman–Crippen MR) is 136 cm³/mol. The Morgan fingerprint density at radius 2 is 1.78 bits per heavy atom. The maximum atomic E-state index is 13.4. The van der Waals surface area contributed by atoms with Crippen molar-refractivity contribution in [3.8, 4) is 0 Å². The fourth-order valence-corrected chi connectivity index (χ4v) is 5.64. The molecule has 0 bridgehead atoms. The minimum absolute atomic E-state index is 0.0676. The smallest absolute Gasteiger partial charge is 0.359 e. The summed E-state index contributed by atoms with van der Waals surface area (Å²) in [6.45, 7) is 9.66. The molecule has 2 amide bonds. The van der Waals surface area contributed by atoms with Crippen molar-refractivity contribution in [3.05, 3.63) is 17.3 Å². The van der Waals surface area contributed by atoms with E-state index in [0.717, 1.165) is 35.7 Å². The lowest BCUT2D eigenvalue weighted by Gasteiger charge is -2.47.